The normalized spacial score (nSPS) is 11.7. The summed E-state index contributed by atoms with van der Waals surface area (Å²) < 4.78 is 26.4. The minimum atomic E-state index is -3.48. The molecule has 0 spiro atoms. The number of sulfone groups is 1. The van der Waals surface area contributed by atoms with Gasteiger partial charge in [0.1, 0.15) is 5.49 Å². The van der Waals surface area contributed by atoms with Crippen LogP contribution in [0.25, 0.3) is 0 Å². The van der Waals surface area contributed by atoms with Crippen LogP contribution in [-0.4, -0.2) is 24.1 Å². The molecular weight excluding hydrogens is 350 g/mol. The highest BCUT2D eigenvalue weighted by Crippen LogP contribution is 2.21. The van der Waals surface area contributed by atoms with Crippen molar-refractivity contribution < 1.29 is 13.2 Å². The molecule has 0 saturated heterocycles. The molecule has 3 N–H and O–H groups in total. The molecule has 0 unspecified atom stereocenters. The zero-order valence-corrected chi connectivity index (χ0v) is 14.9. The second kappa shape index (κ2) is 6.78. The van der Waals surface area contributed by atoms with Crippen LogP contribution < -0.4 is 11.2 Å². The number of nitrogens with two attached hydrogens (primary N) is 1. The van der Waals surface area contributed by atoms with Crippen molar-refractivity contribution in [1.29, 1.82) is 5.41 Å². The van der Waals surface area contributed by atoms with Crippen LogP contribution in [-0.2, 0) is 16.4 Å². The van der Waals surface area contributed by atoms with E-state index < -0.39 is 21.0 Å². The van der Waals surface area contributed by atoms with Crippen molar-refractivity contribution in [3.63, 3.8) is 0 Å². The Morgan fingerprint density at radius 2 is 1.96 bits per heavy atom. The van der Waals surface area contributed by atoms with Crippen LogP contribution in [0.15, 0.2) is 41.4 Å². The third-order valence-corrected chi connectivity index (χ3v) is 6.07. The van der Waals surface area contributed by atoms with Crippen molar-refractivity contribution >= 4 is 27.3 Å². The topological polar surface area (TPSA) is 106 Å². The van der Waals surface area contributed by atoms with Gasteiger partial charge in [0.2, 0.25) is 0 Å². The molecule has 0 bridgehead atoms. The predicted octanol–water partition coefficient (Wildman–Crippen LogP) is 1.95. The van der Waals surface area contributed by atoms with Crippen LogP contribution in [0.1, 0.15) is 29.8 Å². The first-order valence-corrected chi connectivity index (χ1v) is 9.13. The number of carbonyl (C=O) groups is 1. The summed E-state index contributed by atoms with van der Waals surface area (Å²) in [6.07, 6.45) is 1.47. The van der Waals surface area contributed by atoms with Crippen LogP contribution in [0, 0.1) is 5.41 Å². The zero-order chi connectivity index (χ0) is 18.1. The van der Waals surface area contributed by atoms with Gasteiger partial charge >= 0.3 is 0 Å². The number of hydrogen-bond acceptors (Lipinski definition) is 4. The number of nitrogens with zero attached hydrogens (tertiary/aromatic N) is 1. The molecule has 1 aromatic heterocycles. The van der Waals surface area contributed by atoms with E-state index in [1.165, 1.54) is 22.9 Å². The van der Waals surface area contributed by atoms with E-state index in [0.29, 0.717) is 5.56 Å². The monoisotopic (exact) mass is 367 g/mol. The maximum absolute atomic E-state index is 12.5. The Balaban J connectivity index is 2.59. The Bertz CT molecular complexity index is 949. The largest absolute Gasteiger partial charge is 0.365 e. The minimum absolute atomic E-state index is 0.0216. The molecule has 0 aliphatic rings. The van der Waals surface area contributed by atoms with Crippen molar-refractivity contribution in [2.24, 2.45) is 5.73 Å². The van der Waals surface area contributed by atoms with Crippen molar-refractivity contribution in [3.8, 4) is 0 Å². The molecule has 0 aliphatic heterocycles. The van der Waals surface area contributed by atoms with E-state index in [0.717, 1.165) is 0 Å². The van der Waals surface area contributed by atoms with Gasteiger partial charge in [0, 0.05) is 6.20 Å². The molecule has 2 rings (SSSR count). The molecule has 0 fully saturated rings. The van der Waals surface area contributed by atoms with E-state index >= 15 is 0 Å². The summed E-state index contributed by atoms with van der Waals surface area (Å²) in [6.45, 7) is 3.31. The summed E-state index contributed by atoms with van der Waals surface area (Å²) in [6, 6.07) is 7.90. The van der Waals surface area contributed by atoms with Crippen molar-refractivity contribution in [2.75, 3.05) is 0 Å². The van der Waals surface area contributed by atoms with E-state index in [-0.39, 0.29) is 27.5 Å². The maximum Gasteiger partial charge on any atom is 0.252 e. The van der Waals surface area contributed by atoms with Crippen LogP contribution in [0.3, 0.4) is 0 Å². The second-order valence-electron chi connectivity index (χ2n) is 5.61. The number of primary amides is 1. The molecule has 8 heteroatoms. The molecule has 0 atom stereocenters. The highest BCUT2D eigenvalue weighted by molar-refractivity contribution is 7.92. The molecule has 24 heavy (non-hydrogen) atoms. The van der Waals surface area contributed by atoms with Gasteiger partial charge in [-0.05, 0) is 31.5 Å². The van der Waals surface area contributed by atoms with Crippen molar-refractivity contribution in [2.45, 2.75) is 30.5 Å². The fraction of sp³-hybridized carbons (Fsp3) is 0.250. The summed E-state index contributed by atoms with van der Waals surface area (Å²) in [5.41, 5.74) is 5.63. The molecule has 0 aliphatic carbocycles. The number of nitrogens with one attached hydrogen (secondary N) is 1. The molecule has 1 aromatic carbocycles. The lowest BCUT2D eigenvalue weighted by Crippen LogP contribution is -2.30. The summed E-state index contributed by atoms with van der Waals surface area (Å²) in [5, 5.41) is 7.76. The van der Waals surface area contributed by atoms with E-state index in [1.807, 2.05) is 0 Å². The summed E-state index contributed by atoms with van der Waals surface area (Å²) in [4.78, 5) is 11.6. The quantitative estimate of drug-likeness (QED) is 0.843. The molecule has 0 saturated carbocycles. The zero-order valence-electron chi connectivity index (χ0n) is 13.3. The number of hydrogen-bond donors (Lipinski definition) is 2. The van der Waals surface area contributed by atoms with E-state index in [2.05, 4.69) is 0 Å². The molecule has 0 radical (unpaired) electrons. The highest BCUT2D eigenvalue weighted by Gasteiger charge is 2.22. The third kappa shape index (κ3) is 3.52. The summed E-state index contributed by atoms with van der Waals surface area (Å²) in [5.74, 6) is -0.765. The van der Waals surface area contributed by atoms with Crippen LogP contribution in [0.4, 0.5) is 0 Å². The van der Waals surface area contributed by atoms with E-state index in [1.54, 1.807) is 32.0 Å². The lowest BCUT2D eigenvalue weighted by molar-refractivity contribution is 0.0997. The third-order valence-electron chi connectivity index (χ3n) is 3.61. The average Bonchev–Trinajstić information content (AvgIpc) is 2.50. The van der Waals surface area contributed by atoms with Gasteiger partial charge in [-0.2, -0.15) is 0 Å². The Morgan fingerprint density at radius 3 is 2.54 bits per heavy atom. The summed E-state index contributed by atoms with van der Waals surface area (Å²) in [7, 11) is -3.48. The standard InChI is InChI=1S/C16H18ClN3O3S/c1-10(2)24(22,23)14-6-4-3-5-11(14)8-20-9-12(17)7-13(15(20)18)16(19)21/h3-7,9-10,18H,8H2,1-2H3,(H2,19,21). The second-order valence-corrected chi connectivity index (χ2v) is 8.52. The van der Waals surface area contributed by atoms with Gasteiger partial charge < -0.3 is 10.3 Å². The van der Waals surface area contributed by atoms with E-state index in [4.69, 9.17) is 22.7 Å². The minimum Gasteiger partial charge on any atom is -0.365 e. The van der Waals surface area contributed by atoms with Crippen LogP contribution in [0.2, 0.25) is 5.02 Å². The lowest BCUT2D eigenvalue weighted by Gasteiger charge is -2.15. The average molecular weight is 368 g/mol. The molecule has 6 nitrogen and oxygen atoms in total. The predicted molar refractivity (Wildman–Crippen MR) is 91.7 cm³/mol. The van der Waals surface area contributed by atoms with Gasteiger partial charge in [-0.25, -0.2) is 8.42 Å². The first-order chi connectivity index (χ1) is 11.1. The SMILES string of the molecule is CC(C)S(=O)(=O)c1ccccc1Cn1cc(Cl)cc(C(N)=O)c1=N. The number of amides is 1. The molecule has 128 valence electrons. The van der Waals surface area contributed by atoms with Gasteiger partial charge in [-0.3, -0.25) is 10.2 Å². The van der Waals surface area contributed by atoms with Gasteiger partial charge in [0.25, 0.3) is 5.91 Å². The van der Waals surface area contributed by atoms with Crippen molar-refractivity contribution in [3.05, 3.63) is 58.2 Å². The fourth-order valence-corrected chi connectivity index (χ4v) is 3.77. The summed E-state index contributed by atoms with van der Waals surface area (Å²) >= 11 is 5.98. The number of aromatic nitrogens is 1. The molecular formula is C16H18ClN3O3S. The lowest BCUT2D eigenvalue weighted by atomic mass is 10.2. The smallest absolute Gasteiger partial charge is 0.252 e. The highest BCUT2D eigenvalue weighted by atomic mass is 35.5. The first-order valence-electron chi connectivity index (χ1n) is 7.20. The van der Waals surface area contributed by atoms with Crippen LogP contribution in [0.5, 0.6) is 0 Å². The number of benzene rings is 1. The Morgan fingerprint density at radius 1 is 1.33 bits per heavy atom. The number of rotatable bonds is 5. The Labute approximate surface area is 145 Å². The molecule has 2 aromatic rings. The Hall–Kier alpha value is -2.12. The fourth-order valence-electron chi connectivity index (χ4n) is 2.27. The Kier molecular flexibility index (Phi) is 5.15. The number of halogens is 1. The van der Waals surface area contributed by atoms with Gasteiger partial charge in [0.05, 0.1) is 27.3 Å². The van der Waals surface area contributed by atoms with E-state index in [9.17, 15) is 13.2 Å². The van der Waals surface area contributed by atoms with Gasteiger partial charge in [0.15, 0.2) is 9.84 Å². The molecule has 1 amide bonds. The van der Waals surface area contributed by atoms with Gasteiger partial charge in [-0.1, -0.05) is 29.8 Å². The first kappa shape index (κ1) is 18.2. The maximum atomic E-state index is 12.5. The van der Waals surface area contributed by atoms with Crippen LogP contribution >= 0.6 is 11.6 Å². The number of carbonyl (C=O) groups excluding carboxylic acids is 1. The van der Waals surface area contributed by atoms with Gasteiger partial charge in [-0.15, -0.1) is 0 Å². The molecule has 1 heterocycles. The number of pyridine rings is 1. The van der Waals surface area contributed by atoms with Crippen molar-refractivity contribution in [1.82, 2.24) is 4.57 Å².